The Balaban J connectivity index is 1.88. The van der Waals surface area contributed by atoms with Gasteiger partial charge in [-0.05, 0) is 23.6 Å². The number of nitrogens with one attached hydrogen (secondary N) is 3. The molecule has 2 rings (SSSR count). The van der Waals surface area contributed by atoms with Gasteiger partial charge in [0, 0.05) is 17.8 Å². The number of benzene rings is 1. The summed E-state index contributed by atoms with van der Waals surface area (Å²) in [5.74, 6) is -0.259. The summed E-state index contributed by atoms with van der Waals surface area (Å²) >= 11 is 0. The minimum Gasteiger partial charge on any atom is -0.354 e. The fourth-order valence-corrected chi connectivity index (χ4v) is 2.00. The normalized spacial score (nSPS) is 12.8. The molecule has 112 valence electrons. The lowest BCUT2D eigenvalue weighted by Crippen LogP contribution is -2.38. The van der Waals surface area contributed by atoms with Crippen molar-refractivity contribution in [2.24, 2.45) is 5.92 Å². The van der Waals surface area contributed by atoms with E-state index in [0.29, 0.717) is 30.1 Å². The van der Waals surface area contributed by atoms with E-state index in [2.05, 4.69) is 16.0 Å². The Kier molecular flexibility index (Phi) is 4.57. The second-order valence-corrected chi connectivity index (χ2v) is 5.48. The van der Waals surface area contributed by atoms with Gasteiger partial charge in [0.2, 0.25) is 11.8 Å². The molecule has 0 radical (unpaired) electrons. The molecule has 1 aromatic rings. The number of rotatable bonds is 5. The molecule has 0 aliphatic carbocycles. The molecular formula is C15H19N3O3. The summed E-state index contributed by atoms with van der Waals surface area (Å²) in [4.78, 5) is 34.8. The van der Waals surface area contributed by atoms with E-state index in [0.717, 1.165) is 5.56 Å². The van der Waals surface area contributed by atoms with Gasteiger partial charge in [-0.3, -0.25) is 14.4 Å². The van der Waals surface area contributed by atoms with Crippen molar-refractivity contribution in [3.05, 3.63) is 29.3 Å². The van der Waals surface area contributed by atoms with Crippen molar-refractivity contribution >= 4 is 23.4 Å². The van der Waals surface area contributed by atoms with Crippen LogP contribution < -0.4 is 16.0 Å². The van der Waals surface area contributed by atoms with E-state index < -0.39 is 0 Å². The van der Waals surface area contributed by atoms with Crippen LogP contribution in [0.3, 0.4) is 0 Å². The van der Waals surface area contributed by atoms with Crippen LogP contribution in [0.4, 0.5) is 5.69 Å². The molecule has 1 aliphatic heterocycles. The topological polar surface area (TPSA) is 87.3 Å². The highest BCUT2D eigenvalue weighted by molar-refractivity contribution is 6.02. The van der Waals surface area contributed by atoms with Crippen LogP contribution in [-0.4, -0.2) is 30.8 Å². The Labute approximate surface area is 123 Å². The maximum absolute atomic E-state index is 12.0. The molecule has 0 atom stereocenters. The smallest absolute Gasteiger partial charge is 0.251 e. The maximum Gasteiger partial charge on any atom is 0.251 e. The lowest BCUT2D eigenvalue weighted by Gasteiger charge is -2.09. The molecule has 0 unspecified atom stereocenters. The van der Waals surface area contributed by atoms with Gasteiger partial charge >= 0.3 is 0 Å². The summed E-state index contributed by atoms with van der Waals surface area (Å²) in [6.07, 6.45) is 0.342. The molecule has 0 bridgehead atoms. The standard InChI is InChI=1S/C15H19N3O3/c1-9(2)7-16-14(20)8-17-15(21)11-4-3-10-6-13(19)18-12(10)5-11/h3-5,9H,6-8H2,1-2H3,(H,16,20)(H,17,21)(H,18,19). The third-order valence-electron chi connectivity index (χ3n) is 3.11. The predicted molar refractivity (Wildman–Crippen MR) is 79.0 cm³/mol. The van der Waals surface area contributed by atoms with E-state index in [9.17, 15) is 14.4 Å². The third-order valence-corrected chi connectivity index (χ3v) is 3.11. The van der Waals surface area contributed by atoms with Crippen molar-refractivity contribution < 1.29 is 14.4 Å². The third kappa shape index (κ3) is 4.05. The molecule has 6 heteroatoms. The van der Waals surface area contributed by atoms with Gasteiger partial charge in [-0.15, -0.1) is 0 Å². The van der Waals surface area contributed by atoms with Crippen LogP contribution >= 0.6 is 0 Å². The first-order valence-electron chi connectivity index (χ1n) is 6.93. The van der Waals surface area contributed by atoms with Crippen molar-refractivity contribution in [2.75, 3.05) is 18.4 Å². The van der Waals surface area contributed by atoms with Crippen molar-refractivity contribution in [1.82, 2.24) is 10.6 Å². The molecule has 0 fully saturated rings. The maximum atomic E-state index is 12.0. The van der Waals surface area contributed by atoms with Crippen molar-refractivity contribution in [1.29, 1.82) is 0 Å². The van der Waals surface area contributed by atoms with Crippen molar-refractivity contribution in [3.8, 4) is 0 Å². The van der Waals surface area contributed by atoms with Crippen LogP contribution in [0.25, 0.3) is 0 Å². The Hall–Kier alpha value is -2.37. The number of fused-ring (bicyclic) bond motifs is 1. The van der Waals surface area contributed by atoms with E-state index in [1.54, 1.807) is 18.2 Å². The van der Waals surface area contributed by atoms with Crippen molar-refractivity contribution in [3.63, 3.8) is 0 Å². The fourth-order valence-electron chi connectivity index (χ4n) is 2.00. The zero-order valence-electron chi connectivity index (χ0n) is 12.2. The Morgan fingerprint density at radius 1 is 1.29 bits per heavy atom. The van der Waals surface area contributed by atoms with Gasteiger partial charge in [-0.1, -0.05) is 19.9 Å². The summed E-state index contributed by atoms with van der Waals surface area (Å²) in [5, 5.41) is 7.98. The lowest BCUT2D eigenvalue weighted by atomic mass is 10.1. The predicted octanol–water partition coefficient (Wildman–Crippen LogP) is 0.683. The molecule has 1 aliphatic rings. The minimum absolute atomic E-state index is 0.0605. The SMILES string of the molecule is CC(C)CNC(=O)CNC(=O)c1ccc2c(c1)NC(=O)C2. The fraction of sp³-hybridized carbons (Fsp3) is 0.400. The van der Waals surface area contributed by atoms with Gasteiger partial charge in [-0.25, -0.2) is 0 Å². The molecule has 0 saturated carbocycles. The van der Waals surface area contributed by atoms with Gasteiger partial charge in [0.15, 0.2) is 0 Å². The minimum atomic E-state index is -0.335. The Bertz CT molecular complexity index is 582. The average molecular weight is 289 g/mol. The van der Waals surface area contributed by atoms with Crippen LogP contribution in [0.2, 0.25) is 0 Å². The highest BCUT2D eigenvalue weighted by atomic mass is 16.2. The summed E-state index contributed by atoms with van der Waals surface area (Å²) < 4.78 is 0. The number of amides is 3. The summed E-state index contributed by atoms with van der Waals surface area (Å²) in [5.41, 5.74) is 1.97. The number of hydrogen-bond acceptors (Lipinski definition) is 3. The van der Waals surface area contributed by atoms with E-state index in [1.165, 1.54) is 0 Å². The number of carbonyl (C=O) groups is 3. The van der Waals surface area contributed by atoms with Crippen molar-refractivity contribution in [2.45, 2.75) is 20.3 Å². The zero-order chi connectivity index (χ0) is 15.4. The van der Waals surface area contributed by atoms with E-state index >= 15 is 0 Å². The monoisotopic (exact) mass is 289 g/mol. The molecule has 3 amide bonds. The molecule has 1 heterocycles. The quantitative estimate of drug-likeness (QED) is 0.745. The highest BCUT2D eigenvalue weighted by Crippen LogP contribution is 2.23. The van der Waals surface area contributed by atoms with Crippen LogP contribution in [0, 0.1) is 5.92 Å². The van der Waals surface area contributed by atoms with E-state index in [1.807, 2.05) is 13.8 Å². The van der Waals surface area contributed by atoms with Gasteiger partial charge < -0.3 is 16.0 Å². The van der Waals surface area contributed by atoms with Gasteiger partial charge in [0.05, 0.1) is 13.0 Å². The Morgan fingerprint density at radius 3 is 2.76 bits per heavy atom. The van der Waals surface area contributed by atoms with Gasteiger partial charge in [0.1, 0.15) is 0 Å². The number of carbonyl (C=O) groups excluding carboxylic acids is 3. The summed E-state index contributed by atoms with van der Waals surface area (Å²) in [6, 6.07) is 5.03. The van der Waals surface area contributed by atoms with E-state index in [-0.39, 0.29) is 24.3 Å². The largest absolute Gasteiger partial charge is 0.354 e. The Morgan fingerprint density at radius 2 is 2.05 bits per heavy atom. The highest BCUT2D eigenvalue weighted by Gasteiger charge is 2.19. The molecule has 21 heavy (non-hydrogen) atoms. The van der Waals surface area contributed by atoms with Crippen LogP contribution in [0.5, 0.6) is 0 Å². The molecule has 6 nitrogen and oxygen atoms in total. The number of anilines is 1. The molecular weight excluding hydrogens is 270 g/mol. The summed E-state index contributed by atoms with van der Waals surface area (Å²) in [7, 11) is 0. The van der Waals surface area contributed by atoms with Gasteiger partial charge in [0.25, 0.3) is 5.91 Å². The van der Waals surface area contributed by atoms with E-state index in [4.69, 9.17) is 0 Å². The second-order valence-electron chi connectivity index (χ2n) is 5.48. The van der Waals surface area contributed by atoms with Crippen LogP contribution in [0.15, 0.2) is 18.2 Å². The molecule has 0 spiro atoms. The zero-order valence-corrected chi connectivity index (χ0v) is 12.2. The second kappa shape index (κ2) is 6.39. The van der Waals surface area contributed by atoms with Gasteiger partial charge in [-0.2, -0.15) is 0 Å². The van der Waals surface area contributed by atoms with Crippen LogP contribution in [0.1, 0.15) is 29.8 Å². The first-order valence-corrected chi connectivity index (χ1v) is 6.93. The molecule has 1 aromatic carbocycles. The van der Waals surface area contributed by atoms with Crippen LogP contribution in [-0.2, 0) is 16.0 Å². The lowest BCUT2D eigenvalue weighted by molar-refractivity contribution is -0.120. The molecule has 3 N–H and O–H groups in total. The number of hydrogen-bond donors (Lipinski definition) is 3. The molecule has 0 saturated heterocycles. The average Bonchev–Trinajstić information content (AvgIpc) is 2.81. The first-order chi connectivity index (χ1) is 9.95. The first kappa shape index (κ1) is 15.0. The summed E-state index contributed by atoms with van der Waals surface area (Å²) in [6.45, 7) is 4.52. The molecule has 0 aromatic heterocycles.